The second-order valence-corrected chi connectivity index (χ2v) is 5.11. The molecule has 2 N–H and O–H groups in total. The van der Waals surface area contributed by atoms with Crippen molar-refractivity contribution in [2.24, 2.45) is 0 Å². The predicted octanol–water partition coefficient (Wildman–Crippen LogP) is 2.36. The molecule has 1 aromatic rings. The Morgan fingerprint density at radius 2 is 2.05 bits per heavy atom. The number of rotatable bonds is 3. The van der Waals surface area contributed by atoms with E-state index in [1.54, 1.807) is 24.3 Å². The molecule has 0 saturated carbocycles. The minimum atomic E-state index is -0.984. The summed E-state index contributed by atoms with van der Waals surface area (Å²) >= 11 is 0. The molecule has 0 aromatic heterocycles. The van der Waals surface area contributed by atoms with E-state index in [0.717, 1.165) is 12.8 Å². The van der Waals surface area contributed by atoms with Crippen molar-refractivity contribution in [3.8, 4) is 0 Å². The number of aliphatic carboxylic acids is 1. The topological polar surface area (TPSA) is 86.7 Å². The van der Waals surface area contributed by atoms with Crippen molar-refractivity contribution in [3.05, 3.63) is 29.8 Å². The van der Waals surface area contributed by atoms with E-state index >= 15 is 0 Å². The standard InChI is InChI=1S/C15H18N2O4/c1-10(18)11-5-4-6-12(9-11)16-15(21)17-8-3-2-7-13(17)14(19)20/h4-6,9,13H,2-3,7-8H2,1H3,(H,16,21)(H,19,20). The minimum absolute atomic E-state index is 0.0903. The summed E-state index contributed by atoms with van der Waals surface area (Å²) in [6.07, 6.45) is 2.07. The van der Waals surface area contributed by atoms with Gasteiger partial charge in [-0.1, -0.05) is 12.1 Å². The molecule has 2 amide bonds. The van der Waals surface area contributed by atoms with E-state index in [0.29, 0.717) is 24.2 Å². The smallest absolute Gasteiger partial charge is 0.326 e. The summed E-state index contributed by atoms with van der Waals surface area (Å²) in [5.74, 6) is -1.07. The van der Waals surface area contributed by atoms with Crippen LogP contribution >= 0.6 is 0 Å². The number of nitrogens with zero attached hydrogens (tertiary/aromatic N) is 1. The first-order valence-corrected chi connectivity index (χ1v) is 6.90. The van der Waals surface area contributed by atoms with E-state index < -0.39 is 18.0 Å². The van der Waals surface area contributed by atoms with Crippen LogP contribution in [0.15, 0.2) is 24.3 Å². The maximum Gasteiger partial charge on any atom is 0.326 e. The number of likely N-dealkylation sites (tertiary alicyclic amines) is 1. The molecule has 0 spiro atoms. The fraction of sp³-hybridized carbons (Fsp3) is 0.400. The number of anilines is 1. The van der Waals surface area contributed by atoms with Crippen LogP contribution in [0.2, 0.25) is 0 Å². The Morgan fingerprint density at radius 1 is 1.29 bits per heavy atom. The molecule has 21 heavy (non-hydrogen) atoms. The molecule has 0 bridgehead atoms. The van der Waals surface area contributed by atoms with Crippen LogP contribution in [0.5, 0.6) is 0 Å². The van der Waals surface area contributed by atoms with Crippen LogP contribution in [0.3, 0.4) is 0 Å². The molecule has 1 unspecified atom stereocenters. The fourth-order valence-electron chi connectivity index (χ4n) is 2.44. The first-order valence-electron chi connectivity index (χ1n) is 6.90. The monoisotopic (exact) mass is 290 g/mol. The highest BCUT2D eigenvalue weighted by molar-refractivity contribution is 5.97. The van der Waals surface area contributed by atoms with Gasteiger partial charge in [-0.05, 0) is 38.3 Å². The van der Waals surface area contributed by atoms with Crippen LogP contribution < -0.4 is 5.32 Å². The molecule has 1 aliphatic rings. The van der Waals surface area contributed by atoms with Gasteiger partial charge in [0, 0.05) is 17.8 Å². The highest BCUT2D eigenvalue weighted by Gasteiger charge is 2.31. The normalized spacial score (nSPS) is 18.1. The molecule has 0 aliphatic carbocycles. The Bertz CT molecular complexity index is 571. The number of urea groups is 1. The number of piperidine rings is 1. The third-order valence-corrected chi connectivity index (χ3v) is 3.57. The van der Waals surface area contributed by atoms with Crippen molar-refractivity contribution in [2.75, 3.05) is 11.9 Å². The lowest BCUT2D eigenvalue weighted by Crippen LogP contribution is -2.49. The Morgan fingerprint density at radius 3 is 2.71 bits per heavy atom. The Labute approximate surface area is 122 Å². The second-order valence-electron chi connectivity index (χ2n) is 5.11. The van der Waals surface area contributed by atoms with Crippen LogP contribution in [-0.4, -0.2) is 40.4 Å². The lowest BCUT2D eigenvalue weighted by molar-refractivity contribution is -0.143. The molecule has 1 atom stereocenters. The maximum atomic E-state index is 12.2. The number of ketones is 1. The van der Waals surface area contributed by atoms with Crippen LogP contribution in [0.4, 0.5) is 10.5 Å². The summed E-state index contributed by atoms with van der Waals surface area (Å²) in [6.45, 7) is 1.88. The van der Waals surface area contributed by atoms with E-state index in [2.05, 4.69) is 5.32 Å². The van der Waals surface area contributed by atoms with Crippen molar-refractivity contribution in [1.29, 1.82) is 0 Å². The molecule has 1 aromatic carbocycles. The van der Waals surface area contributed by atoms with Crippen molar-refractivity contribution in [1.82, 2.24) is 4.90 Å². The van der Waals surface area contributed by atoms with E-state index in [-0.39, 0.29) is 5.78 Å². The fourth-order valence-corrected chi connectivity index (χ4v) is 2.44. The van der Waals surface area contributed by atoms with Gasteiger partial charge in [0.05, 0.1) is 0 Å². The van der Waals surface area contributed by atoms with Gasteiger partial charge in [-0.3, -0.25) is 4.79 Å². The predicted molar refractivity (Wildman–Crippen MR) is 77.4 cm³/mol. The molecule has 1 saturated heterocycles. The van der Waals surface area contributed by atoms with Crippen molar-refractivity contribution >= 4 is 23.5 Å². The number of hydrogen-bond donors (Lipinski definition) is 2. The molecule has 1 heterocycles. The number of amides is 2. The number of nitrogens with one attached hydrogen (secondary N) is 1. The average Bonchev–Trinajstić information content (AvgIpc) is 2.47. The second kappa shape index (κ2) is 6.39. The van der Waals surface area contributed by atoms with Gasteiger partial charge in [0.2, 0.25) is 0 Å². The number of carbonyl (C=O) groups excluding carboxylic acids is 2. The van der Waals surface area contributed by atoms with Gasteiger partial charge < -0.3 is 15.3 Å². The minimum Gasteiger partial charge on any atom is -0.480 e. The first kappa shape index (κ1) is 15.0. The molecule has 2 rings (SSSR count). The molecular weight excluding hydrogens is 272 g/mol. The zero-order valence-corrected chi connectivity index (χ0v) is 11.8. The number of carboxylic acid groups (broad SMARTS) is 1. The summed E-state index contributed by atoms with van der Waals surface area (Å²) in [6, 6.07) is 5.37. The van der Waals surface area contributed by atoms with Crippen LogP contribution in [0.25, 0.3) is 0 Å². The SMILES string of the molecule is CC(=O)c1cccc(NC(=O)N2CCCCC2C(=O)O)c1. The summed E-state index contributed by atoms with van der Waals surface area (Å²) in [7, 11) is 0. The average molecular weight is 290 g/mol. The zero-order chi connectivity index (χ0) is 15.4. The summed E-state index contributed by atoms with van der Waals surface area (Å²) < 4.78 is 0. The summed E-state index contributed by atoms with van der Waals surface area (Å²) in [4.78, 5) is 36.1. The number of Topliss-reactive ketones (excluding diaryl/α,β-unsaturated/α-hetero) is 1. The van der Waals surface area contributed by atoms with Gasteiger partial charge in [0.25, 0.3) is 0 Å². The third-order valence-electron chi connectivity index (χ3n) is 3.57. The van der Waals surface area contributed by atoms with Gasteiger partial charge in [-0.15, -0.1) is 0 Å². The van der Waals surface area contributed by atoms with Gasteiger partial charge in [0.15, 0.2) is 5.78 Å². The summed E-state index contributed by atoms with van der Waals surface area (Å²) in [5, 5.41) is 11.8. The first-order chi connectivity index (χ1) is 9.99. The van der Waals surface area contributed by atoms with Gasteiger partial charge in [0.1, 0.15) is 6.04 Å². The molecule has 0 radical (unpaired) electrons. The van der Waals surface area contributed by atoms with E-state index in [4.69, 9.17) is 0 Å². The van der Waals surface area contributed by atoms with E-state index in [9.17, 15) is 19.5 Å². The maximum absolute atomic E-state index is 12.2. The number of hydrogen-bond acceptors (Lipinski definition) is 3. The lowest BCUT2D eigenvalue weighted by Gasteiger charge is -2.32. The lowest BCUT2D eigenvalue weighted by atomic mass is 10.0. The number of carbonyl (C=O) groups is 3. The molecule has 6 heteroatoms. The van der Waals surface area contributed by atoms with Crippen molar-refractivity contribution < 1.29 is 19.5 Å². The van der Waals surface area contributed by atoms with E-state index in [1.807, 2.05) is 0 Å². The summed E-state index contributed by atoms with van der Waals surface area (Å²) in [5.41, 5.74) is 0.989. The molecular formula is C15H18N2O4. The van der Waals surface area contributed by atoms with Crippen molar-refractivity contribution in [3.63, 3.8) is 0 Å². The van der Waals surface area contributed by atoms with Crippen LogP contribution in [0, 0.1) is 0 Å². The third kappa shape index (κ3) is 3.59. The van der Waals surface area contributed by atoms with Crippen LogP contribution in [-0.2, 0) is 4.79 Å². The molecule has 112 valence electrons. The molecule has 6 nitrogen and oxygen atoms in total. The zero-order valence-electron chi connectivity index (χ0n) is 11.8. The molecule has 1 fully saturated rings. The number of benzene rings is 1. The number of carboxylic acids is 1. The van der Waals surface area contributed by atoms with Crippen molar-refractivity contribution in [2.45, 2.75) is 32.2 Å². The van der Waals surface area contributed by atoms with Gasteiger partial charge in [-0.25, -0.2) is 9.59 Å². The quantitative estimate of drug-likeness (QED) is 0.837. The van der Waals surface area contributed by atoms with Gasteiger partial charge >= 0.3 is 12.0 Å². The van der Waals surface area contributed by atoms with Gasteiger partial charge in [-0.2, -0.15) is 0 Å². The largest absolute Gasteiger partial charge is 0.480 e. The Balaban J connectivity index is 2.11. The highest BCUT2D eigenvalue weighted by Crippen LogP contribution is 2.19. The highest BCUT2D eigenvalue weighted by atomic mass is 16.4. The van der Waals surface area contributed by atoms with Crippen LogP contribution in [0.1, 0.15) is 36.5 Å². The molecule has 1 aliphatic heterocycles. The Kier molecular flexibility index (Phi) is 4.57. The van der Waals surface area contributed by atoms with E-state index in [1.165, 1.54) is 11.8 Å². The Hall–Kier alpha value is -2.37.